The van der Waals surface area contributed by atoms with Gasteiger partial charge in [-0.15, -0.1) is 0 Å². The minimum atomic E-state index is -0.0852. The lowest BCUT2D eigenvalue weighted by Gasteiger charge is -2.01. The van der Waals surface area contributed by atoms with Gasteiger partial charge in [-0.2, -0.15) is 5.26 Å². The Balaban J connectivity index is 2.98. The molecule has 0 radical (unpaired) electrons. The number of hydrogen-bond acceptors (Lipinski definition) is 2. The monoisotopic (exact) mass is 181 g/mol. The van der Waals surface area contributed by atoms with Gasteiger partial charge in [0, 0.05) is 5.02 Å². The van der Waals surface area contributed by atoms with Gasteiger partial charge in [0.2, 0.25) is 0 Å². The topological polar surface area (TPSA) is 44.0 Å². The molecule has 2 nitrogen and oxygen atoms in total. The van der Waals surface area contributed by atoms with Crippen LogP contribution in [0.4, 0.5) is 0 Å². The Morgan fingerprint density at radius 2 is 2.25 bits per heavy atom. The Labute approximate surface area is 76.0 Å². The van der Waals surface area contributed by atoms with Crippen molar-refractivity contribution >= 4 is 11.6 Å². The van der Waals surface area contributed by atoms with Crippen LogP contribution in [0.3, 0.4) is 0 Å². The quantitative estimate of drug-likeness (QED) is 0.758. The van der Waals surface area contributed by atoms with Crippen molar-refractivity contribution in [2.45, 2.75) is 13.0 Å². The Morgan fingerprint density at radius 1 is 1.50 bits per heavy atom. The highest BCUT2D eigenvalue weighted by molar-refractivity contribution is 6.31. The molecule has 0 bridgehead atoms. The van der Waals surface area contributed by atoms with Gasteiger partial charge in [-0.25, -0.2) is 0 Å². The highest BCUT2D eigenvalue weighted by atomic mass is 35.5. The van der Waals surface area contributed by atoms with Crippen molar-refractivity contribution in [1.29, 1.82) is 5.26 Å². The van der Waals surface area contributed by atoms with Gasteiger partial charge in [0.05, 0.1) is 19.1 Å². The van der Waals surface area contributed by atoms with E-state index < -0.39 is 0 Å². The maximum Gasteiger partial charge on any atom is 0.0696 e. The molecule has 0 aliphatic rings. The fourth-order valence-corrected chi connectivity index (χ4v) is 1.13. The summed E-state index contributed by atoms with van der Waals surface area (Å²) in [6.45, 7) is -0.0852. The molecule has 0 heterocycles. The van der Waals surface area contributed by atoms with E-state index in [9.17, 15) is 0 Å². The lowest BCUT2D eigenvalue weighted by Crippen LogP contribution is -1.88. The molecular formula is C9H8ClNO. The third-order valence-electron chi connectivity index (χ3n) is 1.56. The molecule has 0 amide bonds. The first kappa shape index (κ1) is 9.05. The summed E-state index contributed by atoms with van der Waals surface area (Å²) in [7, 11) is 0. The molecule has 3 heteroatoms. The molecule has 0 saturated heterocycles. The number of aliphatic hydroxyl groups is 1. The number of halogens is 1. The Bertz CT molecular complexity index is 317. The summed E-state index contributed by atoms with van der Waals surface area (Å²) in [6.07, 6.45) is 0.351. The van der Waals surface area contributed by atoms with Crippen LogP contribution in [0.2, 0.25) is 5.02 Å². The van der Waals surface area contributed by atoms with Gasteiger partial charge < -0.3 is 5.11 Å². The highest BCUT2D eigenvalue weighted by Gasteiger charge is 1.99. The van der Waals surface area contributed by atoms with Crippen molar-refractivity contribution in [1.82, 2.24) is 0 Å². The molecule has 0 saturated carbocycles. The van der Waals surface area contributed by atoms with E-state index in [0.717, 1.165) is 5.56 Å². The van der Waals surface area contributed by atoms with Gasteiger partial charge in [-0.05, 0) is 17.2 Å². The molecule has 1 aromatic carbocycles. The predicted octanol–water partition coefficient (Wildman–Crippen LogP) is 1.90. The first-order valence-electron chi connectivity index (χ1n) is 3.53. The molecule has 0 aromatic heterocycles. The minimum Gasteiger partial charge on any atom is -0.392 e. The van der Waals surface area contributed by atoms with Crippen LogP contribution in [-0.4, -0.2) is 5.11 Å². The van der Waals surface area contributed by atoms with Gasteiger partial charge in [0.1, 0.15) is 0 Å². The second kappa shape index (κ2) is 4.10. The molecule has 0 fully saturated rings. The maximum atomic E-state index is 8.84. The molecule has 62 valence electrons. The number of aliphatic hydroxyl groups excluding tert-OH is 1. The van der Waals surface area contributed by atoms with E-state index in [1.165, 1.54) is 0 Å². The number of rotatable bonds is 2. The lowest BCUT2D eigenvalue weighted by molar-refractivity contribution is 0.282. The summed E-state index contributed by atoms with van der Waals surface area (Å²) in [5.41, 5.74) is 1.55. The molecule has 0 aliphatic carbocycles. The first-order chi connectivity index (χ1) is 5.77. The molecule has 0 spiro atoms. The molecule has 1 N–H and O–H groups in total. The van der Waals surface area contributed by atoms with Crippen LogP contribution < -0.4 is 0 Å². The summed E-state index contributed by atoms with van der Waals surface area (Å²) in [5, 5.41) is 17.8. The average molecular weight is 182 g/mol. The van der Waals surface area contributed by atoms with Gasteiger partial charge in [0.25, 0.3) is 0 Å². The fraction of sp³-hybridized carbons (Fsp3) is 0.222. The van der Waals surface area contributed by atoms with E-state index in [0.29, 0.717) is 17.0 Å². The van der Waals surface area contributed by atoms with E-state index in [2.05, 4.69) is 0 Å². The molecule has 1 rings (SSSR count). The minimum absolute atomic E-state index is 0.0852. The number of nitriles is 1. The number of nitrogens with zero attached hydrogens (tertiary/aromatic N) is 1. The smallest absolute Gasteiger partial charge is 0.0696 e. The van der Waals surface area contributed by atoms with Gasteiger partial charge in [0.15, 0.2) is 0 Å². The number of hydrogen-bond donors (Lipinski definition) is 1. The summed E-state index contributed by atoms with van der Waals surface area (Å²) < 4.78 is 0. The zero-order valence-corrected chi connectivity index (χ0v) is 7.17. The van der Waals surface area contributed by atoms with Crippen LogP contribution in [0.15, 0.2) is 18.2 Å². The van der Waals surface area contributed by atoms with E-state index in [1.54, 1.807) is 18.2 Å². The van der Waals surface area contributed by atoms with Crippen LogP contribution in [-0.2, 0) is 13.0 Å². The SMILES string of the molecule is N#CCc1ccc(Cl)c(CO)c1. The Kier molecular flexibility index (Phi) is 3.09. The van der Waals surface area contributed by atoms with Gasteiger partial charge in [-0.3, -0.25) is 0 Å². The van der Waals surface area contributed by atoms with Crippen molar-refractivity contribution in [3.05, 3.63) is 34.3 Å². The number of benzene rings is 1. The van der Waals surface area contributed by atoms with Crippen LogP contribution in [0.1, 0.15) is 11.1 Å². The maximum absolute atomic E-state index is 8.84. The standard InChI is InChI=1S/C9H8ClNO/c10-9-2-1-7(3-4-11)5-8(9)6-12/h1-2,5,12H,3,6H2. The third kappa shape index (κ3) is 1.97. The fourth-order valence-electron chi connectivity index (χ4n) is 0.950. The van der Waals surface area contributed by atoms with E-state index >= 15 is 0 Å². The molecule has 1 aromatic rings. The zero-order chi connectivity index (χ0) is 8.97. The van der Waals surface area contributed by atoms with Crippen molar-refractivity contribution in [3.63, 3.8) is 0 Å². The van der Waals surface area contributed by atoms with Crippen molar-refractivity contribution in [2.75, 3.05) is 0 Å². The van der Waals surface area contributed by atoms with Crippen LogP contribution >= 0.6 is 11.6 Å². The van der Waals surface area contributed by atoms with E-state index in [4.69, 9.17) is 22.0 Å². The van der Waals surface area contributed by atoms with E-state index in [-0.39, 0.29) is 6.61 Å². The second-order valence-electron chi connectivity index (χ2n) is 2.42. The summed E-state index contributed by atoms with van der Waals surface area (Å²) in [4.78, 5) is 0. The average Bonchev–Trinajstić information content (AvgIpc) is 2.09. The van der Waals surface area contributed by atoms with Crippen molar-refractivity contribution in [3.8, 4) is 6.07 Å². The Hall–Kier alpha value is -1.04. The molecule has 0 aliphatic heterocycles. The summed E-state index contributed by atoms with van der Waals surface area (Å²) >= 11 is 5.75. The molecule has 12 heavy (non-hydrogen) atoms. The van der Waals surface area contributed by atoms with Crippen molar-refractivity contribution in [2.24, 2.45) is 0 Å². The summed E-state index contributed by atoms with van der Waals surface area (Å²) in [6, 6.07) is 7.25. The summed E-state index contributed by atoms with van der Waals surface area (Å²) in [5.74, 6) is 0. The van der Waals surface area contributed by atoms with Gasteiger partial charge in [-0.1, -0.05) is 23.7 Å². The molecule has 0 atom stereocenters. The molecule has 0 unspecified atom stereocenters. The van der Waals surface area contributed by atoms with Crippen LogP contribution in [0, 0.1) is 11.3 Å². The normalized spacial score (nSPS) is 9.42. The largest absolute Gasteiger partial charge is 0.392 e. The van der Waals surface area contributed by atoms with Crippen LogP contribution in [0.5, 0.6) is 0 Å². The second-order valence-corrected chi connectivity index (χ2v) is 2.83. The lowest BCUT2D eigenvalue weighted by atomic mass is 10.1. The highest BCUT2D eigenvalue weighted by Crippen LogP contribution is 2.17. The third-order valence-corrected chi connectivity index (χ3v) is 1.93. The van der Waals surface area contributed by atoms with Crippen molar-refractivity contribution < 1.29 is 5.11 Å². The zero-order valence-electron chi connectivity index (χ0n) is 6.42. The Morgan fingerprint density at radius 3 is 2.83 bits per heavy atom. The predicted molar refractivity (Wildman–Crippen MR) is 46.7 cm³/mol. The van der Waals surface area contributed by atoms with E-state index in [1.807, 2.05) is 6.07 Å². The van der Waals surface area contributed by atoms with Crippen LogP contribution in [0.25, 0.3) is 0 Å². The molecular weight excluding hydrogens is 174 g/mol. The first-order valence-corrected chi connectivity index (χ1v) is 3.91. The van der Waals surface area contributed by atoms with Gasteiger partial charge >= 0.3 is 0 Å².